The third kappa shape index (κ3) is 1.81. The Morgan fingerprint density at radius 3 is 2.93 bits per heavy atom. The van der Waals surface area contributed by atoms with Crippen LogP contribution in [0.4, 0.5) is 15.8 Å². The van der Waals surface area contributed by atoms with Crippen LogP contribution < -0.4 is 10.6 Å². The standard InChI is InChI=1S/C10H9FN2O2/c11-7-3-6-1-2-10(15)13-8(6)4-9(7)12-5-14/h3-5H,1-2H2,(H,12,14)(H,13,15). The molecule has 0 aliphatic carbocycles. The second kappa shape index (κ2) is 3.68. The number of anilines is 2. The number of fused-ring (bicyclic) bond motifs is 1. The number of benzene rings is 1. The summed E-state index contributed by atoms with van der Waals surface area (Å²) < 4.78 is 13.3. The molecule has 0 saturated heterocycles. The molecule has 15 heavy (non-hydrogen) atoms. The van der Waals surface area contributed by atoms with E-state index in [1.807, 2.05) is 0 Å². The predicted octanol–water partition coefficient (Wildman–Crippen LogP) is 1.28. The molecule has 1 aliphatic heterocycles. The molecule has 0 aromatic heterocycles. The number of hydrogen-bond donors (Lipinski definition) is 2. The van der Waals surface area contributed by atoms with Gasteiger partial charge in [0.1, 0.15) is 5.82 Å². The lowest BCUT2D eigenvalue weighted by atomic mass is 10.0. The minimum absolute atomic E-state index is 0.0750. The minimum Gasteiger partial charge on any atom is -0.326 e. The summed E-state index contributed by atoms with van der Waals surface area (Å²) in [5.74, 6) is -0.580. The van der Waals surface area contributed by atoms with Gasteiger partial charge in [-0.1, -0.05) is 0 Å². The summed E-state index contributed by atoms with van der Waals surface area (Å²) in [4.78, 5) is 21.3. The first-order chi connectivity index (χ1) is 7.20. The Morgan fingerprint density at radius 2 is 2.20 bits per heavy atom. The van der Waals surface area contributed by atoms with Crippen LogP contribution in [-0.2, 0) is 16.0 Å². The molecule has 78 valence electrons. The summed E-state index contributed by atoms with van der Waals surface area (Å²) >= 11 is 0. The number of amides is 2. The van der Waals surface area contributed by atoms with Crippen LogP contribution in [0.2, 0.25) is 0 Å². The molecule has 2 N–H and O–H groups in total. The third-order valence-corrected chi connectivity index (χ3v) is 2.30. The number of halogens is 1. The van der Waals surface area contributed by atoms with Crippen molar-refractivity contribution in [3.63, 3.8) is 0 Å². The molecule has 0 unspecified atom stereocenters. The van der Waals surface area contributed by atoms with Gasteiger partial charge < -0.3 is 10.6 Å². The molecule has 1 aromatic rings. The molecule has 2 amide bonds. The van der Waals surface area contributed by atoms with Crippen LogP contribution in [0.3, 0.4) is 0 Å². The van der Waals surface area contributed by atoms with Crippen LogP contribution in [0.5, 0.6) is 0 Å². The fraction of sp³-hybridized carbons (Fsp3) is 0.200. The summed E-state index contributed by atoms with van der Waals surface area (Å²) in [7, 11) is 0. The highest BCUT2D eigenvalue weighted by molar-refractivity contribution is 5.94. The van der Waals surface area contributed by atoms with Gasteiger partial charge in [-0.2, -0.15) is 0 Å². The number of carbonyl (C=O) groups is 2. The number of carbonyl (C=O) groups excluding carboxylic acids is 2. The van der Waals surface area contributed by atoms with Crippen molar-refractivity contribution in [2.75, 3.05) is 10.6 Å². The van der Waals surface area contributed by atoms with Crippen molar-refractivity contribution < 1.29 is 14.0 Å². The van der Waals surface area contributed by atoms with E-state index in [1.54, 1.807) is 0 Å². The van der Waals surface area contributed by atoms with Crippen molar-refractivity contribution in [2.45, 2.75) is 12.8 Å². The molecule has 5 heteroatoms. The van der Waals surface area contributed by atoms with Gasteiger partial charge in [0.25, 0.3) is 0 Å². The maximum atomic E-state index is 13.3. The van der Waals surface area contributed by atoms with E-state index in [2.05, 4.69) is 10.6 Å². The summed E-state index contributed by atoms with van der Waals surface area (Å²) in [6.07, 6.45) is 1.29. The van der Waals surface area contributed by atoms with Crippen molar-refractivity contribution in [3.05, 3.63) is 23.5 Å². The van der Waals surface area contributed by atoms with E-state index >= 15 is 0 Å². The average Bonchev–Trinajstić information content (AvgIpc) is 2.20. The van der Waals surface area contributed by atoms with Crippen molar-refractivity contribution >= 4 is 23.7 Å². The van der Waals surface area contributed by atoms with Crippen LogP contribution >= 0.6 is 0 Å². The Hall–Kier alpha value is -1.91. The molecule has 1 aromatic carbocycles. The first kappa shape index (κ1) is 9.64. The monoisotopic (exact) mass is 208 g/mol. The van der Waals surface area contributed by atoms with Crippen LogP contribution in [0.25, 0.3) is 0 Å². The lowest BCUT2D eigenvalue weighted by Crippen LogP contribution is -2.19. The maximum Gasteiger partial charge on any atom is 0.224 e. The van der Waals surface area contributed by atoms with Crippen LogP contribution in [0.15, 0.2) is 12.1 Å². The first-order valence-corrected chi connectivity index (χ1v) is 4.53. The van der Waals surface area contributed by atoms with Crippen molar-refractivity contribution in [2.24, 2.45) is 0 Å². The van der Waals surface area contributed by atoms with Gasteiger partial charge in [0.15, 0.2) is 0 Å². The molecule has 0 bridgehead atoms. The maximum absolute atomic E-state index is 13.3. The number of aryl methyl sites for hydroxylation is 1. The van der Waals surface area contributed by atoms with Crippen molar-refractivity contribution in [1.82, 2.24) is 0 Å². The molecule has 0 fully saturated rings. The van der Waals surface area contributed by atoms with Gasteiger partial charge >= 0.3 is 0 Å². The zero-order chi connectivity index (χ0) is 10.8. The van der Waals surface area contributed by atoms with E-state index in [0.717, 1.165) is 5.56 Å². The highest BCUT2D eigenvalue weighted by Gasteiger charge is 2.17. The Kier molecular flexibility index (Phi) is 2.37. The third-order valence-electron chi connectivity index (χ3n) is 2.30. The number of rotatable bonds is 2. The van der Waals surface area contributed by atoms with Gasteiger partial charge in [0.2, 0.25) is 12.3 Å². The molecule has 0 saturated carbocycles. The molecule has 1 heterocycles. The van der Waals surface area contributed by atoms with Gasteiger partial charge in [-0.15, -0.1) is 0 Å². The second-order valence-corrected chi connectivity index (χ2v) is 3.30. The Morgan fingerprint density at radius 1 is 1.40 bits per heavy atom. The molecular weight excluding hydrogens is 199 g/mol. The Balaban J connectivity index is 2.42. The lowest BCUT2D eigenvalue weighted by molar-refractivity contribution is -0.116. The summed E-state index contributed by atoms with van der Waals surface area (Å²) in [6, 6.07) is 2.76. The van der Waals surface area contributed by atoms with E-state index in [0.29, 0.717) is 24.9 Å². The largest absolute Gasteiger partial charge is 0.326 e. The average molecular weight is 208 g/mol. The Bertz CT molecular complexity index is 432. The predicted molar refractivity (Wildman–Crippen MR) is 53.0 cm³/mol. The van der Waals surface area contributed by atoms with Gasteiger partial charge in [-0.25, -0.2) is 4.39 Å². The molecule has 0 atom stereocenters. The van der Waals surface area contributed by atoms with E-state index in [-0.39, 0.29) is 11.6 Å². The molecular formula is C10H9FN2O2. The van der Waals surface area contributed by atoms with Crippen LogP contribution in [0.1, 0.15) is 12.0 Å². The minimum atomic E-state index is -0.489. The summed E-state index contributed by atoms with van der Waals surface area (Å²) in [5, 5.41) is 4.86. The normalized spacial score (nSPS) is 14.1. The van der Waals surface area contributed by atoms with E-state index in [1.165, 1.54) is 12.1 Å². The van der Waals surface area contributed by atoms with Crippen molar-refractivity contribution in [3.8, 4) is 0 Å². The zero-order valence-electron chi connectivity index (χ0n) is 7.84. The van der Waals surface area contributed by atoms with Crippen LogP contribution in [-0.4, -0.2) is 12.3 Å². The smallest absolute Gasteiger partial charge is 0.224 e. The first-order valence-electron chi connectivity index (χ1n) is 4.53. The SMILES string of the molecule is O=CNc1cc2c(cc1F)CCC(=O)N2. The molecule has 4 nitrogen and oxygen atoms in total. The number of nitrogens with one attached hydrogen (secondary N) is 2. The summed E-state index contributed by atoms with van der Waals surface area (Å²) in [6.45, 7) is 0. The van der Waals surface area contributed by atoms with Gasteiger partial charge in [0.05, 0.1) is 5.69 Å². The highest BCUT2D eigenvalue weighted by atomic mass is 19.1. The zero-order valence-corrected chi connectivity index (χ0v) is 7.84. The highest BCUT2D eigenvalue weighted by Crippen LogP contribution is 2.28. The summed E-state index contributed by atoms with van der Waals surface area (Å²) in [5.41, 5.74) is 1.39. The van der Waals surface area contributed by atoms with E-state index in [4.69, 9.17) is 0 Å². The topological polar surface area (TPSA) is 58.2 Å². The molecule has 1 aliphatic rings. The van der Waals surface area contributed by atoms with Gasteiger partial charge in [0, 0.05) is 12.1 Å². The van der Waals surface area contributed by atoms with Gasteiger partial charge in [-0.3, -0.25) is 9.59 Å². The fourth-order valence-electron chi connectivity index (χ4n) is 1.57. The number of hydrogen-bond acceptors (Lipinski definition) is 2. The molecule has 0 radical (unpaired) electrons. The Labute approximate surface area is 85.5 Å². The second-order valence-electron chi connectivity index (χ2n) is 3.30. The fourth-order valence-corrected chi connectivity index (χ4v) is 1.57. The van der Waals surface area contributed by atoms with Gasteiger partial charge in [-0.05, 0) is 24.1 Å². The lowest BCUT2D eigenvalue weighted by Gasteiger charge is -2.17. The van der Waals surface area contributed by atoms with Crippen LogP contribution in [0, 0.1) is 5.82 Å². The molecule has 2 rings (SSSR count). The quantitative estimate of drug-likeness (QED) is 0.719. The van der Waals surface area contributed by atoms with Crippen molar-refractivity contribution in [1.29, 1.82) is 0 Å². The van der Waals surface area contributed by atoms with E-state index in [9.17, 15) is 14.0 Å². The van der Waals surface area contributed by atoms with E-state index < -0.39 is 5.82 Å². The molecule has 0 spiro atoms.